The number of rotatable bonds is 6. The number of benzene rings is 1. The van der Waals surface area contributed by atoms with E-state index in [1.165, 1.54) is 12.8 Å². The van der Waals surface area contributed by atoms with Crippen molar-refractivity contribution in [3.8, 4) is 11.5 Å². The van der Waals surface area contributed by atoms with Crippen LogP contribution in [0.15, 0.2) is 24.3 Å². The van der Waals surface area contributed by atoms with Gasteiger partial charge in [-0.15, -0.1) is 0 Å². The van der Waals surface area contributed by atoms with E-state index in [0.29, 0.717) is 13.2 Å². The summed E-state index contributed by atoms with van der Waals surface area (Å²) in [6, 6.07) is 8.23. The maximum absolute atomic E-state index is 12.1. The molecule has 2 aliphatic rings. The van der Waals surface area contributed by atoms with E-state index < -0.39 is 0 Å². The van der Waals surface area contributed by atoms with E-state index in [1.54, 1.807) is 7.11 Å². The monoisotopic (exact) mass is 319 g/mol. The zero-order chi connectivity index (χ0) is 16.1. The van der Waals surface area contributed by atoms with E-state index in [-0.39, 0.29) is 6.03 Å². The number of nitrogens with one attached hydrogen (secondary N) is 1. The first kappa shape index (κ1) is 15.9. The number of methoxy groups -OCH3 is 1. The molecule has 23 heavy (non-hydrogen) atoms. The SMILES string of the molecule is COc1ccc(OCCNC(=O)N2CCN(C3CC3)CC2)cc1. The van der Waals surface area contributed by atoms with Gasteiger partial charge in [0, 0.05) is 32.2 Å². The van der Waals surface area contributed by atoms with Crippen LogP contribution < -0.4 is 14.8 Å². The number of piperazine rings is 1. The average molecular weight is 319 g/mol. The molecule has 2 fully saturated rings. The maximum atomic E-state index is 12.1. The Bertz CT molecular complexity index is 508. The molecule has 1 aliphatic carbocycles. The minimum absolute atomic E-state index is 0.0128. The van der Waals surface area contributed by atoms with Crippen LogP contribution in [0.1, 0.15) is 12.8 Å². The zero-order valence-corrected chi connectivity index (χ0v) is 13.7. The minimum Gasteiger partial charge on any atom is -0.497 e. The molecule has 1 aliphatic heterocycles. The number of hydrogen-bond acceptors (Lipinski definition) is 4. The molecule has 126 valence electrons. The first-order valence-corrected chi connectivity index (χ1v) is 8.30. The maximum Gasteiger partial charge on any atom is 0.317 e. The van der Waals surface area contributed by atoms with E-state index in [9.17, 15) is 4.79 Å². The van der Waals surface area contributed by atoms with Crippen LogP contribution in [0.3, 0.4) is 0 Å². The highest BCUT2D eigenvalue weighted by molar-refractivity contribution is 5.74. The highest BCUT2D eigenvalue weighted by atomic mass is 16.5. The summed E-state index contributed by atoms with van der Waals surface area (Å²) in [5, 5.41) is 2.92. The van der Waals surface area contributed by atoms with Gasteiger partial charge in [-0.25, -0.2) is 4.79 Å². The molecule has 1 heterocycles. The largest absolute Gasteiger partial charge is 0.497 e. The quantitative estimate of drug-likeness (QED) is 0.809. The van der Waals surface area contributed by atoms with Gasteiger partial charge in [-0.3, -0.25) is 4.90 Å². The van der Waals surface area contributed by atoms with E-state index in [4.69, 9.17) is 9.47 Å². The van der Waals surface area contributed by atoms with Crippen molar-refractivity contribution in [3.63, 3.8) is 0 Å². The van der Waals surface area contributed by atoms with Crippen LogP contribution in [-0.4, -0.2) is 68.3 Å². The number of carbonyl (C=O) groups excluding carboxylic acids is 1. The van der Waals surface area contributed by atoms with Crippen LogP contribution in [0.4, 0.5) is 4.79 Å². The summed E-state index contributed by atoms with van der Waals surface area (Å²) in [7, 11) is 1.63. The number of amides is 2. The van der Waals surface area contributed by atoms with Crippen molar-refractivity contribution >= 4 is 6.03 Å². The smallest absolute Gasteiger partial charge is 0.317 e. The molecule has 0 spiro atoms. The van der Waals surface area contributed by atoms with Gasteiger partial charge in [-0.2, -0.15) is 0 Å². The number of urea groups is 1. The van der Waals surface area contributed by atoms with Gasteiger partial charge in [-0.1, -0.05) is 0 Å². The summed E-state index contributed by atoms with van der Waals surface area (Å²) in [6.07, 6.45) is 2.66. The number of ether oxygens (including phenoxy) is 2. The Morgan fingerprint density at radius 1 is 1.13 bits per heavy atom. The van der Waals surface area contributed by atoms with Gasteiger partial charge >= 0.3 is 6.03 Å². The topological polar surface area (TPSA) is 54.0 Å². The molecular weight excluding hydrogens is 294 g/mol. The molecule has 1 aromatic carbocycles. The van der Waals surface area contributed by atoms with Gasteiger partial charge in [0.25, 0.3) is 0 Å². The second-order valence-corrected chi connectivity index (χ2v) is 6.01. The predicted octanol–water partition coefficient (Wildman–Crippen LogP) is 1.56. The third-order valence-electron chi connectivity index (χ3n) is 4.37. The van der Waals surface area contributed by atoms with Crippen molar-refractivity contribution in [3.05, 3.63) is 24.3 Å². The summed E-state index contributed by atoms with van der Waals surface area (Å²) in [6.45, 7) is 4.61. The van der Waals surface area contributed by atoms with Crippen molar-refractivity contribution in [2.75, 3.05) is 46.4 Å². The van der Waals surface area contributed by atoms with E-state index >= 15 is 0 Å². The van der Waals surface area contributed by atoms with Crippen molar-refractivity contribution < 1.29 is 14.3 Å². The summed E-state index contributed by atoms with van der Waals surface area (Å²) in [5.41, 5.74) is 0. The lowest BCUT2D eigenvalue weighted by Gasteiger charge is -2.34. The Hall–Kier alpha value is -1.95. The Labute approximate surface area is 137 Å². The highest BCUT2D eigenvalue weighted by Crippen LogP contribution is 2.27. The highest BCUT2D eigenvalue weighted by Gasteiger charge is 2.32. The van der Waals surface area contributed by atoms with Crippen LogP contribution >= 0.6 is 0 Å². The first-order valence-electron chi connectivity index (χ1n) is 8.30. The van der Waals surface area contributed by atoms with E-state index in [2.05, 4.69) is 10.2 Å². The van der Waals surface area contributed by atoms with Crippen molar-refractivity contribution in [1.29, 1.82) is 0 Å². The Balaban J connectivity index is 1.31. The molecule has 1 saturated heterocycles. The molecule has 0 unspecified atom stereocenters. The summed E-state index contributed by atoms with van der Waals surface area (Å²) < 4.78 is 10.7. The number of carbonyl (C=O) groups is 1. The second-order valence-electron chi connectivity index (χ2n) is 6.01. The van der Waals surface area contributed by atoms with Gasteiger partial charge in [0.2, 0.25) is 0 Å². The number of hydrogen-bond donors (Lipinski definition) is 1. The third kappa shape index (κ3) is 4.51. The standard InChI is InChI=1S/C17H25N3O3/c1-22-15-4-6-16(7-5-15)23-13-8-18-17(21)20-11-9-19(10-12-20)14-2-3-14/h4-7,14H,2-3,8-13H2,1H3,(H,18,21). The average Bonchev–Trinajstić information content (AvgIpc) is 3.44. The Morgan fingerprint density at radius 2 is 1.78 bits per heavy atom. The Morgan fingerprint density at radius 3 is 2.39 bits per heavy atom. The molecule has 1 saturated carbocycles. The minimum atomic E-state index is 0.0128. The lowest BCUT2D eigenvalue weighted by atomic mass is 10.3. The molecule has 0 aromatic heterocycles. The van der Waals surface area contributed by atoms with E-state index in [0.717, 1.165) is 43.7 Å². The van der Waals surface area contributed by atoms with Gasteiger partial charge in [0.15, 0.2) is 0 Å². The van der Waals surface area contributed by atoms with Gasteiger partial charge < -0.3 is 19.7 Å². The summed E-state index contributed by atoms with van der Waals surface area (Å²) in [5.74, 6) is 1.58. The van der Waals surface area contributed by atoms with Crippen molar-refractivity contribution in [2.24, 2.45) is 0 Å². The Kier molecular flexibility index (Phi) is 5.23. The van der Waals surface area contributed by atoms with Crippen LogP contribution in [-0.2, 0) is 0 Å². The van der Waals surface area contributed by atoms with E-state index in [1.807, 2.05) is 29.2 Å². The fraction of sp³-hybridized carbons (Fsp3) is 0.588. The van der Waals surface area contributed by atoms with Gasteiger partial charge in [0.1, 0.15) is 18.1 Å². The lowest BCUT2D eigenvalue weighted by Crippen LogP contribution is -2.52. The summed E-state index contributed by atoms with van der Waals surface area (Å²) >= 11 is 0. The van der Waals surface area contributed by atoms with Crippen LogP contribution in [0.5, 0.6) is 11.5 Å². The molecular formula is C17H25N3O3. The molecule has 2 amide bonds. The molecule has 0 radical (unpaired) electrons. The van der Waals surface area contributed by atoms with Gasteiger partial charge in [0.05, 0.1) is 13.7 Å². The summed E-state index contributed by atoms with van der Waals surface area (Å²) in [4.78, 5) is 16.5. The molecule has 6 heteroatoms. The molecule has 1 aromatic rings. The molecule has 3 rings (SSSR count). The van der Waals surface area contributed by atoms with Crippen molar-refractivity contribution in [1.82, 2.24) is 15.1 Å². The number of nitrogens with zero attached hydrogens (tertiary/aromatic N) is 2. The van der Waals surface area contributed by atoms with Crippen LogP contribution in [0.2, 0.25) is 0 Å². The van der Waals surface area contributed by atoms with Crippen LogP contribution in [0, 0.1) is 0 Å². The molecule has 0 atom stereocenters. The first-order chi connectivity index (χ1) is 11.3. The molecule has 0 bridgehead atoms. The molecule has 1 N–H and O–H groups in total. The predicted molar refractivity (Wildman–Crippen MR) is 88.1 cm³/mol. The molecule has 6 nitrogen and oxygen atoms in total. The fourth-order valence-corrected chi connectivity index (χ4v) is 2.84. The second kappa shape index (κ2) is 7.55. The normalized spacial score (nSPS) is 18.6. The van der Waals surface area contributed by atoms with Crippen LogP contribution in [0.25, 0.3) is 0 Å². The van der Waals surface area contributed by atoms with Gasteiger partial charge in [-0.05, 0) is 37.1 Å². The fourth-order valence-electron chi connectivity index (χ4n) is 2.84. The zero-order valence-electron chi connectivity index (χ0n) is 13.7. The third-order valence-corrected chi connectivity index (χ3v) is 4.37. The van der Waals surface area contributed by atoms with Crippen molar-refractivity contribution in [2.45, 2.75) is 18.9 Å². The lowest BCUT2D eigenvalue weighted by molar-refractivity contribution is 0.134.